The molecule has 22 heavy (non-hydrogen) atoms. The number of rotatable bonds is 8. The molecule has 0 aromatic carbocycles. The van der Waals surface area contributed by atoms with Crippen LogP contribution >= 0.6 is 0 Å². The summed E-state index contributed by atoms with van der Waals surface area (Å²) < 4.78 is 0. The Hall–Kier alpha value is -1.05. The van der Waals surface area contributed by atoms with Crippen molar-refractivity contribution < 1.29 is 9.90 Å². The van der Waals surface area contributed by atoms with Crippen LogP contribution in [0.5, 0.6) is 0 Å². The Kier molecular flexibility index (Phi) is 6.72. The molecule has 0 aliphatic heterocycles. The van der Waals surface area contributed by atoms with Crippen LogP contribution in [-0.2, 0) is 4.79 Å². The Labute approximate surface area is 135 Å². The summed E-state index contributed by atoms with van der Waals surface area (Å²) >= 11 is 0. The van der Waals surface area contributed by atoms with Gasteiger partial charge in [-0.3, -0.25) is 4.79 Å². The lowest BCUT2D eigenvalue weighted by molar-refractivity contribution is -0.137. The van der Waals surface area contributed by atoms with Gasteiger partial charge in [0.1, 0.15) is 0 Å². The highest BCUT2D eigenvalue weighted by atomic mass is 16.4. The third kappa shape index (κ3) is 5.00. The van der Waals surface area contributed by atoms with Gasteiger partial charge in [0.15, 0.2) is 0 Å². The summed E-state index contributed by atoms with van der Waals surface area (Å²) in [6, 6.07) is 0. The molecule has 0 bridgehead atoms. The summed E-state index contributed by atoms with van der Waals surface area (Å²) in [6.07, 6.45) is 17.1. The first kappa shape index (κ1) is 17.3. The standard InChI is InChI=1S/C20H32O2/c1-3-15(2)7-6-9-17-11-12-18-13-16(14-19(17)18)8-4-5-10-20(21)22/h6,8-9,15,17-19H,3-5,7,10-14H2,1-2H3,(H,21,22)/b9-6+,16-8+/t15?,17-,18+,19+/m0/s1. The van der Waals surface area contributed by atoms with Crippen LogP contribution in [0.1, 0.15) is 71.6 Å². The van der Waals surface area contributed by atoms with Crippen LogP contribution in [0.4, 0.5) is 0 Å². The molecule has 2 heteroatoms. The Balaban J connectivity index is 1.78. The van der Waals surface area contributed by atoms with Crippen molar-refractivity contribution in [3.8, 4) is 0 Å². The molecule has 2 aliphatic carbocycles. The summed E-state index contributed by atoms with van der Waals surface area (Å²) in [5, 5.41) is 8.68. The maximum absolute atomic E-state index is 10.5. The van der Waals surface area contributed by atoms with Gasteiger partial charge in [0.25, 0.3) is 0 Å². The van der Waals surface area contributed by atoms with E-state index in [1.165, 1.54) is 38.5 Å². The van der Waals surface area contributed by atoms with Crippen molar-refractivity contribution in [1.82, 2.24) is 0 Å². The molecule has 0 aromatic heterocycles. The van der Waals surface area contributed by atoms with Crippen molar-refractivity contribution in [1.29, 1.82) is 0 Å². The molecule has 0 heterocycles. The van der Waals surface area contributed by atoms with Gasteiger partial charge in [0, 0.05) is 6.42 Å². The smallest absolute Gasteiger partial charge is 0.303 e. The number of allylic oxidation sites excluding steroid dienone is 4. The highest BCUT2D eigenvalue weighted by Crippen LogP contribution is 2.50. The lowest BCUT2D eigenvalue weighted by Gasteiger charge is -2.14. The molecule has 2 nitrogen and oxygen atoms in total. The second kappa shape index (κ2) is 8.55. The second-order valence-corrected chi connectivity index (χ2v) is 7.40. The average molecular weight is 304 g/mol. The van der Waals surface area contributed by atoms with Crippen molar-refractivity contribution in [3.63, 3.8) is 0 Å². The lowest BCUT2D eigenvalue weighted by Crippen LogP contribution is -2.06. The van der Waals surface area contributed by atoms with Gasteiger partial charge >= 0.3 is 5.97 Å². The minimum atomic E-state index is -0.673. The van der Waals surface area contributed by atoms with E-state index < -0.39 is 5.97 Å². The highest BCUT2D eigenvalue weighted by molar-refractivity contribution is 5.66. The number of carboxylic acid groups (broad SMARTS) is 1. The maximum atomic E-state index is 10.5. The quantitative estimate of drug-likeness (QED) is 0.468. The minimum absolute atomic E-state index is 0.303. The molecule has 2 saturated carbocycles. The molecule has 0 saturated heterocycles. The predicted molar refractivity (Wildman–Crippen MR) is 91.7 cm³/mol. The van der Waals surface area contributed by atoms with Crippen LogP contribution in [0.15, 0.2) is 23.8 Å². The summed E-state index contributed by atoms with van der Waals surface area (Å²) in [6.45, 7) is 4.60. The molecule has 1 unspecified atom stereocenters. The molecule has 0 amide bonds. The van der Waals surface area contributed by atoms with E-state index in [4.69, 9.17) is 5.11 Å². The fourth-order valence-corrected chi connectivity index (χ4v) is 4.10. The van der Waals surface area contributed by atoms with E-state index in [2.05, 4.69) is 32.1 Å². The fourth-order valence-electron chi connectivity index (χ4n) is 4.10. The van der Waals surface area contributed by atoms with Gasteiger partial charge in [0.05, 0.1) is 0 Å². The molecule has 0 spiro atoms. The topological polar surface area (TPSA) is 37.3 Å². The molecule has 0 radical (unpaired) electrons. The zero-order valence-corrected chi connectivity index (χ0v) is 14.3. The minimum Gasteiger partial charge on any atom is -0.481 e. The number of carboxylic acids is 1. The van der Waals surface area contributed by atoms with E-state index in [-0.39, 0.29) is 0 Å². The zero-order chi connectivity index (χ0) is 15.9. The Morgan fingerprint density at radius 3 is 2.91 bits per heavy atom. The predicted octanol–water partition coefficient (Wildman–Crippen LogP) is 5.60. The van der Waals surface area contributed by atoms with Crippen molar-refractivity contribution in [3.05, 3.63) is 23.8 Å². The number of hydrogen-bond acceptors (Lipinski definition) is 1. The van der Waals surface area contributed by atoms with Crippen LogP contribution in [0.25, 0.3) is 0 Å². The van der Waals surface area contributed by atoms with E-state index >= 15 is 0 Å². The first-order valence-corrected chi connectivity index (χ1v) is 9.16. The number of fused-ring (bicyclic) bond motifs is 1. The van der Waals surface area contributed by atoms with Crippen LogP contribution in [-0.4, -0.2) is 11.1 Å². The Morgan fingerprint density at radius 1 is 1.36 bits per heavy atom. The zero-order valence-electron chi connectivity index (χ0n) is 14.3. The van der Waals surface area contributed by atoms with Crippen molar-refractivity contribution in [2.45, 2.75) is 71.6 Å². The summed E-state index contributed by atoms with van der Waals surface area (Å²) in [4.78, 5) is 10.5. The number of carbonyl (C=O) groups is 1. The molecular weight excluding hydrogens is 272 g/mol. The van der Waals surface area contributed by atoms with Gasteiger partial charge in [-0.1, -0.05) is 44.1 Å². The molecule has 2 fully saturated rings. The Bertz CT molecular complexity index is 421. The summed E-state index contributed by atoms with van der Waals surface area (Å²) in [5.41, 5.74) is 1.60. The molecular formula is C20H32O2. The monoisotopic (exact) mass is 304 g/mol. The average Bonchev–Trinajstić information content (AvgIpc) is 3.04. The van der Waals surface area contributed by atoms with Crippen molar-refractivity contribution >= 4 is 5.97 Å². The van der Waals surface area contributed by atoms with Crippen molar-refractivity contribution in [2.75, 3.05) is 0 Å². The molecule has 124 valence electrons. The van der Waals surface area contributed by atoms with Crippen molar-refractivity contribution in [2.24, 2.45) is 23.7 Å². The third-order valence-corrected chi connectivity index (χ3v) is 5.69. The highest BCUT2D eigenvalue weighted by Gasteiger charge is 2.39. The summed E-state index contributed by atoms with van der Waals surface area (Å²) in [7, 11) is 0. The van der Waals surface area contributed by atoms with Gasteiger partial charge in [-0.05, 0) is 68.6 Å². The molecule has 0 aromatic rings. The van der Waals surface area contributed by atoms with E-state index in [1.807, 2.05) is 0 Å². The van der Waals surface area contributed by atoms with E-state index in [1.54, 1.807) is 5.57 Å². The second-order valence-electron chi connectivity index (χ2n) is 7.40. The third-order valence-electron chi connectivity index (χ3n) is 5.69. The SMILES string of the molecule is CCC(C)C/C=C/[C@H]1CC[C@@H]2C/C(=C\CCCC(=O)O)C[C@@H]21. The number of hydrogen-bond donors (Lipinski definition) is 1. The number of aliphatic carboxylic acids is 1. The van der Waals surface area contributed by atoms with Gasteiger partial charge in [-0.25, -0.2) is 0 Å². The van der Waals surface area contributed by atoms with E-state index in [0.717, 1.165) is 36.5 Å². The van der Waals surface area contributed by atoms with Crippen LogP contribution in [0.2, 0.25) is 0 Å². The van der Waals surface area contributed by atoms with Gasteiger partial charge in [-0.2, -0.15) is 0 Å². The largest absolute Gasteiger partial charge is 0.481 e. The van der Waals surface area contributed by atoms with Gasteiger partial charge in [0.2, 0.25) is 0 Å². The van der Waals surface area contributed by atoms with E-state index in [0.29, 0.717) is 6.42 Å². The number of unbranched alkanes of at least 4 members (excludes halogenated alkanes) is 1. The molecule has 2 rings (SSSR count). The van der Waals surface area contributed by atoms with Crippen LogP contribution in [0.3, 0.4) is 0 Å². The summed E-state index contributed by atoms with van der Waals surface area (Å²) in [5.74, 6) is 2.68. The first-order chi connectivity index (χ1) is 10.6. The fraction of sp³-hybridized carbons (Fsp3) is 0.750. The molecule has 1 N–H and O–H groups in total. The van der Waals surface area contributed by atoms with Crippen LogP contribution < -0.4 is 0 Å². The van der Waals surface area contributed by atoms with Gasteiger partial charge in [-0.15, -0.1) is 0 Å². The molecule has 2 aliphatic rings. The maximum Gasteiger partial charge on any atom is 0.303 e. The molecule has 4 atom stereocenters. The van der Waals surface area contributed by atoms with E-state index in [9.17, 15) is 4.79 Å². The Morgan fingerprint density at radius 2 is 2.18 bits per heavy atom. The normalized spacial score (nSPS) is 31.0. The first-order valence-electron chi connectivity index (χ1n) is 9.16. The lowest BCUT2D eigenvalue weighted by atomic mass is 9.91. The van der Waals surface area contributed by atoms with Crippen LogP contribution in [0, 0.1) is 23.7 Å². The van der Waals surface area contributed by atoms with Gasteiger partial charge < -0.3 is 5.11 Å².